The van der Waals surface area contributed by atoms with E-state index >= 15 is 0 Å². The molecule has 182 valence electrons. The Morgan fingerprint density at radius 1 is 0.914 bits per heavy atom. The van der Waals surface area contributed by atoms with E-state index in [0.29, 0.717) is 19.3 Å². The molecule has 5 nitrogen and oxygen atoms in total. The molecule has 0 aliphatic carbocycles. The Balaban J connectivity index is 1.44. The highest BCUT2D eigenvalue weighted by Gasteiger charge is 2.41. The number of alkyl carbamates (subject to hydrolysis) is 1. The number of nitrogens with one attached hydrogen (secondary N) is 1. The summed E-state index contributed by atoms with van der Waals surface area (Å²) in [6.07, 6.45) is 0.965. The van der Waals surface area contributed by atoms with Crippen LogP contribution in [0.25, 0.3) is 11.1 Å². The highest BCUT2D eigenvalue weighted by atomic mass is 16.6. The summed E-state index contributed by atoms with van der Waals surface area (Å²) in [7, 11) is 0. The number of esters is 1. The molecule has 1 aliphatic heterocycles. The number of carbonyl (C=O) groups is 2. The molecule has 0 aromatic heterocycles. The number of amides is 1. The Hall–Kier alpha value is -3.60. The minimum atomic E-state index is -0.619. The van der Waals surface area contributed by atoms with E-state index in [1.165, 1.54) is 5.56 Å². The van der Waals surface area contributed by atoms with E-state index in [1.807, 2.05) is 69.3 Å². The number of benzene rings is 3. The van der Waals surface area contributed by atoms with Gasteiger partial charge in [-0.3, -0.25) is 4.79 Å². The highest BCUT2D eigenvalue weighted by molar-refractivity contribution is 5.77. The topological polar surface area (TPSA) is 64.6 Å². The van der Waals surface area contributed by atoms with E-state index in [2.05, 4.69) is 41.7 Å². The van der Waals surface area contributed by atoms with Crippen LogP contribution >= 0.6 is 0 Å². The SMILES string of the molecule is CC(C)(C)OC(=O)N[C@@H](Cc1ccccc1)[C@H]1C[C@@H](Cc2ccc(-c3ccccc3)cc2)OC1=O. The molecule has 1 fully saturated rings. The Bertz CT molecular complexity index is 1120. The summed E-state index contributed by atoms with van der Waals surface area (Å²) in [6.45, 7) is 5.46. The third kappa shape index (κ3) is 6.95. The van der Waals surface area contributed by atoms with Gasteiger partial charge in [-0.25, -0.2) is 4.79 Å². The summed E-state index contributed by atoms with van der Waals surface area (Å²) in [5.74, 6) is -0.704. The second kappa shape index (κ2) is 10.8. The number of rotatable bonds is 7. The van der Waals surface area contributed by atoms with Crippen molar-refractivity contribution in [1.82, 2.24) is 5.32 Å². The molecule has 5 heteroatoms. The van der Waals surface area contributed by atoms with E-state index < -0.39 is 23.7 Å². The van der Waals surface area contributed by atoms with Gasteiger partial charge in [-0.05, 0) is 55.9 Å². The zero-order valence-corrected chi connectivity index (χ0v) is 20.6. The van der Waals surface area contributed by atoms with Gasteiger partial charge in [-0.2, -0.15) is 0 Å². The number of hydrogen-bond donors (Lipinski definition) is 1. The monoisotopic (exact) mass is 471 g/mol. The molecule has 1 aliphatic rings. The molecule has 3 aromatic rings. The van der Waals surface area contributed by atoms with Crippen molar-refractivity contribution < 1.29 is 19.1 Å². The van der Waals surface area contributed by atoms with Crippen LogP contribution in [0.4, 0.5) is 4.79 Å². The first-order chi connectivity index (χ1) is 16.8. The minimum Gasteiger partial charge on any atom is -0.462 e. The van der Waals surface area contributed by atoms with Gasteiger partial charge >= 0.3 is 12.1 Å². The standard InChI is InChI=1S/C30H33NO4/c1-30(2,3)35-29(33)31-27(19-21-10-6-4-7-11-21)26-20-25(34-28(26)32)18-22-14-16-24(17-15-22)23-12-8-5-9-13-23/h4-17,25-27H,18-20H2,1-3H3,(H,31,33)/t25-,26-,27+/m1/s1. The van der Waals surface area contributed by atoms with E-state index in [4.69, 9.17) is 9.47 Å². The van der Waals surface area contributed by atoms with Crippen LogP contribution in [-0.4, -0.2) is 29.8 Å². The Kier molecular flexibility index (Phi) is 7.54. The lowest BCUT2D eigenvalue weighted by molar-refractivity contribution is -0.144. The lowest BCUT2D eigenvalue weighted by Crippen LogP contribution is -2.45. The summed E-state index contributed by atoms with van der Waals surface area (Å²) in [5, 5.41) is 2.94. The zero-order valence-electron chi connectivity index (χ0n) is 20.6. The van der Waals surface area contributed by atoms with Crippen LogP contribution in [-0.2, 0) is 27.1 Å². The molecule has 1 amide bonds. The van der Waals surface area contributed by atoms with Crippen LogP contribution in [0.15, 0.2) is 84.9 Å². The lowest BCUT2D eigenvalue weighted by atomic mass is 9.89. The summed E-state index contributed by atoms with van der Waals surface area (Å²) >= 11 is 0. The molecular weight excluding hydrogens is 438 g/mol. The van der Waals surface area contributed by atoms with Crippen molar-refractivity contribution in [3.8, 4) is 11.1 Å². The van der Waals surface area contributed by atoms with Crippen LogP contribution in [0.3, 0.4) is 0 Å². The number of ether oxygens (including phenoxy) is 2. The average Bonchev–Trinajstić information content (AvgIpc) is 3.19. The van der Waals surface area contributed by atoms with E-state index in [0.717, 1.165) is 16.7 Å². The van der Waals surface area contributed by atoms with Crippen LogP contribution in [0.5, 0.6) is 0 Å². The van der Waals surface area contributed by atoms with Gasteiger partial charge in [-0.1, -0.05) is 84.9 Å². The Labute approximate surface area is 207 Å². The molecule has 0 unspecified atom stereocenters. The van der Waals surface area contributed by atoms with Crippen molar-refractivity contribution in [2.75, 3.05) is 0 Å². The molecule has 1 N–H and O–H groups in total. The van der Waals surface area contributed by atoms with Crippen LogP contribution in [0, 0.1) is 5.92 Å². The van der Waals surface area contributed by atoms with Crippen molar-refractivity contribution in [2.45, 2.75) is 57.8 Å². The molecule has 1 heterocycles. The fraction of sp³-hybridized carbons (Fsp3) is 0.333. The second-order valence-corrected chi connectivity index (χ2v) is 10.1. The van der Waals surface area contributed by atoms with Gasteiger partial charge in [0.2, 0.25) is 0 Å². The fourth-order valence-electron chi connectivity index (χ4n) is 4.48. The smallest absolute Gasteiger partial charge is 0.407 e. The molecule has 0 radical (unpaired) electrons. The molecule has 0 spiro atoms. The van der Waals surface area contributed by atoms with Gasteiger partial charge in [0.15, 0.2) is 0 Å². The van der Waals surface area contributed by atoms with Crippen LogP contribution in [0.1, 0.15) is 38.3 Å². The normalized spacial score (nSPS) is 18.5. The summed E-state index contributed by atoms with van der Waals surface area (Å²) in [4.78, 5) is 25.5. The van der Waals surface area contributed by atoms with E-state index in [1.54, 1.807) is 0 Å². The van der Waals surface area contributed by atoms with Crippen LogP contribution < -0.4 is 5.32 Å². The number of hydrogen-bond acceptors (Lipinski definition) is 4. The molecular formula is C30H33NO4. The third-order valence-electron chi connectivity index (χ3n) is 6.11. The van der Waals surface area contributed by atoms with Crippen LogP contribution in [0.2, 0.25) is 0 Å². The second-order valence-electron chi connectivity index (χ2n) is 10.1. The highest BCUT2D eigenvalue weighted by Crippen LogP contribution is 2.29. The van der Waals surface area contributed by atoms with Gasteiger partial charge < -0.3 is 14.8 Å². The quantitative estimate of drug-likeness (QED) is 0.432. The van der Waals surface area contributed by atoms with E-state index in [-0.39, 0.29) is 12.1 Å². The Morgan fingerprint density at radius 2 is 1.51 bits per heavy atom. The van der Waals surface area contributed by atoms with Crippen molar-refractivity contribution in [3.63, 3.8) is 0 Å². The van der Waals surface area contributed by atoms with Crippen molar-refractivity contribution in [1.29, 1.82) is 0 Å². The summed E-state index contributed by atoms with van der Waals surface area (Å²) < 4.78 is 11.2. The van der Waals surface area contributed by atoms with Gasteiger partial charge in [-0.15, -0.1) is 0 Å². The zero-order chi connectivity index (χ0) is 24.8. The average molecular weight is 472 g/mol. The molecule has 0 bridgehead atoms. The summed E-state index contributed by atoms with van der Waals surface area (Å²) in [6, 6.07) is 28.0. The van der Waals surface area contributed by atoms with E-state index in [9.17, 15) is 9.59 Å². The summed E-state index contributed by atoms with van der Waals surface area (Å²) in [5.41, 5.74) is 3.86. The molecule has 35 heavy (non-hydrogen) atoms. The first-order valence-electron chi connectivity index (χ1n) is 12.1. The molecule has 0 saturated carbocycles. The molecule has 4 rings (SSSR count). The van der Waals surface area contributed by atoms with Crippen molar-refractivity contribution in [2.24, 2.45) is 5.92 Å². The van der Waals surface area contributed by atoms with Gasteiger partial charge in [0.05, 0.1) is 5.92 Å². The minimum absolute atomic E-state index is 0.228. The first kappa shape index (κ1) is 24.5. The maximum atomic E-state index is 12.9. The number of carbonyl (C=O) groups excluding carboxylic acids is 2. The molecule has 3 aromatic carbocycles. The van der Waals surface area contributed by atoms with Gasteiger partial charge in [0, 0.05) is 12.5 Å². The van der Waals surface area contributed by atoms with Crippen molar-refractivity contribution in [3.05, 3.63) is 96.1 Å². The molecule has 3 atom stereocenters. The van der Waals surface area contributed by atoms with Crippen molar-refractivity contribution >= 4 is 12.1 Å². The third-order valence-corrected chi connectivity index (χ3v) is 6.11. The maximum absolute atomic E-state index is 12.9. The fourth-order valence-corrected chi connectivity index (χ4v) is 4.48. The predicted molar refractivity (Wildman–Crippen MR) is 137 cm³/mol. The van der Waals surface area contributed by atoms with Gasteiger partial charge in [0.25, 0.3) is 0 Å². The molecule has 1 saturated heterocycles. The largest absolute Gasteiger partial charge is 0.462 e. The number of cyclic esters (lactones) is 1. The Morgan fingerprint density at radius 3 is 2.14 bits per heavy atom. The predicted octanol–water partition coefficient (Wildman–Crippen LogP) is 5.96. The first-order valence-corrected chi connectivity index (χ1v) is 12.1. The lowest BCUT2D eigenvalue weighted by Gasteiger charge is -2.26. The van der Waals surface area contributed by atoms with Gasteiger partial charge in [0.1, 0.15) is 11.7 Å². The maximum Gasteiger partial charge on any atom is 0.407 e.